The number of phosphoric ester groups is 1. The van der Waals surface area contributed by atoms with Crippen LogP contribution in [0.1, 0.15) is 155 Å². The van der Waals surface area contributed by atoms with E-state index in [2.05, 4.69) is 38.2 Å². The van der Waals surface area contributed by atoms with Gasteiger partial charge in [-0.2, -0.15) is 0 Å². The fraction of sp³-hybridized carbons (Fsp3) is 0.842. The second kappa shape index (κ2) is 31.5. The molecular weight excluding hydrogens is 629 g/mol. The number of ether oxygens (including phenoxy) is 2. The first kappa shape index (κ1) is 46.5. The fourth-order valence-corrected chi connectivity index (χ4v) is 5.67. The van der Waals surface area contributed by atoms with Crippen LogP contribution in [-0.2, 0) is 32.7 Å². The zero-order valence-corrected chi connectivity index (χ0v) is 32.4. The number of carbonyl (C=O) groups excluding carboxylic acids is 2. The van der Waals surface area contributed by atoms with Crippen molar-refractivity contribution in [1.29, 1.82) is 0 Å². The van der Waals surface area contributed by atoms with E-state index in [1.54, 1.807) is 0 Å². The molecule has 0 bridgehead atoms. The van der Waals surface area contributed by atoms with E-state index in [1.807, 2.05) is 21.1 Å². The van der Waals surface area contributed by atoms with E-state index in [0.29, 0.717) is 17.4 Å². The van der Waals surface area contributed by atoms with Crippen LogP contribution in [0.3, 0.4) is 0 Å². The minimum atomic E-state index is -4.36. The molecule has 0 aliphatic carbocycles. The van der Waals surface area contributed by atoms with Crippen LogP contribution >= 0.6 is 7.82 Å². The first-order valence-electron chi connectivity index (χ1n) is 19.1. The van der Waals surface area contributed by atoms with Crippen LogP contribution in [0, 0.1) is 0 Å². The Balaban J connectivity index is 4.37. The first-order valence-corrected chi connectivity index (χ1v) is 20.6. The molecule has 0 heterocycles. The Morgan fingerprint density at radius 1 is 0.646 bits per heavy atom. The third kappa shape index (κ3) is 34.4. The molecule has 1 N–H and O–H groups in total. The predicted molar refractivity (Wildman–Crippen MR) is 197 cm³/mol. The molecule has 0 spiro atoms. The average Bonchev–Trinajstić information content (AvgIpc) is 3.02. The minimum absolute atomic E-state index is 0.0311. The SMILES string of the molecule is CCCCC/C=C/C/C=C/CCCCCCCCCC(=O)O[C@H](COC(=O)CCCCCCCCC)COP(=O)(O)OCC[N+](C)(C)C. The lowest BCUT2D eigenvalue weighted by atomic mass is 10.1. The van der Waals surface area contributed by atoms with Gasteiger partial charge in [0.2, 0.25) is 0 Å². The number of hydrogen-bond donors (Lipinski definition) is 1. The summed E-state index contributed by atoms with van der Waals surface area (Å²) >= 11 is 0. The van der Waals surface area contributed by atoms with Gasteiger partial charge in [0.05, 0.1) is 27.7 Å². The molecule has 0 aliphatic rings. The maximum absolute atomic E-state index is 12.6. The summed E-state index contributed by atoms with van der Waals surface area (Å²) in [6.07, 6.45) is 30.9. The van der Waals surface area contributed by atoms with E-state index >= 15 is 0 Å². The number of carbonyl (C=O) groups is 2. The van der Waals surface area contributed by atoms with Crippen LogP contribution in [0.25, 0.3) is 0 Å². The molecule has 0 rings (SSSR count). The molecule has 0 radical (unpaired) electrons. The number of nitrogens with zero attached hydrogens (tertiary/aromatic N) is 1. The highest BCUT2D eigenvalue weighted by atomic mass is 31.2. The molecular formula is C38H73NO8P+. The third-order valence-corrected chi connectivity index (χ3v) is 8.97. The molecule has 0 aromatic heterocycles. The van der Waals surface area contributed by atoms with Crippen molar-refractivity contribution in [3.8, 4) is 0 Å². The van der Waals surface area contributed by atoms with Crippen molar-refractivity contribution in [2.75, 3.05) is 47.5 Å². The number of esters is 2. The predicted octanol–water partition coefficient (Wildman–Crippen LogP) is 10.0. The number of likely N-dealkylation sites (N-methyl/N-ethyl adjacent to an activating group) is 1. The number of allylic oxidation sites excluding steroid dienone is 4. The maximum Gasteiger partial charge on any atom is 0.472 e. The van der Waals surface area contributed by atoms with Gasteiger partial charge in [-0.05, 0) is 44.9 Å². The highest BCUT2D eigenvalue weighted by Gasteiger charge is 2.27. The van der Waals surface area contributed by atoms with Crippen molar-refractivity contribution in [3.63, 3.8) is 0 Å². The Bertz CT molecular complexity index is 886. The number of rotatable bonds is 34. The van der Waals surface area contributed by atoms with Gasteiger partial charge in [0.25, 0.3) is 0 Å². The minimum Gasteiger partial charge on any atom is -0.462 e. The van der Waals surface area contributed by atoms with Gasteiger partial charge in [0, 0.05) is 12.8 Å². The zero-order chi connectivity index (χ0) is 35.8. The monoisotopic (exact) mass is 703 g/mol. The van der Waals surface area contributed by atoms with Gasteiger partial charge >= 0.3 is 19.8 Å². The average molecular weight is 703 g/mol. The van der Waals surface area contributed by atoms with E-state index in [4.69, 9.17) is 18.5 Å². The van der Waals surface area contributed by atoms with Crippen LogP contribution in [0.2, 0.25) is 0 Å². The summed E-state index contributed by atoms with van der Waals surface area (Å²) in [5.41, 5.74) is 0. The molecule has 0 aromatic rings. The van der Waals surface area contributed by atoms with Crippen molar-refractivity contribution in [2.24, 2.45) is 0 Å². The Labute approximate surface area is 294 Å². The molecule has 0 saturated carbocycles. The summed E-state index contributed by atoms with van der Waals surface area (Å²) in [7, 11) is 1.47. The van der Waals surface area contributed by atoms with Gasteiger partial charge in [0.1, 0.15) is 19.8 Å². The molecule has 0 aromatic carbocycles. The largest absolute Gasteiger partial charge is 0.472 e. The molecule has 282 valence electrons. The number of phosphoric acid groups is 1. The summed E-state index contributed by atoms with van der Waals surface area (Å²) in [6.45, 7) is 4.32. The van der Waals surface area contributed by atoms with Crippen molar-refractivity contribution in [1.82, 2.24) is 0 Å². The molecule has 0 amide bonds. The third-order valence-electron chi connectivity index (χ3n) is 7.98. The lowest BCUT2D eigenvalue weighted by molar-refractivity contribution is -0.870. The Morgan fingerprint density at radius 2 is 1.12 bits per heavy atom. The summed E-state index contributed by atoms with van der Waals surface area (Å²) < 4.78 is 34.0. The molecule has 10 heteroatoms. The fourth-order valence-electron chi connectivity index (χ4n) is 4.92. The molecule has 0 saturated heterocycles. The quantitative estimate of drug-likeness (QED) is 0.0232. The lowest BCUT2D eigenvalue weighted by Gasteiger charge is -2.24. The van der Waals surface area contributed by atoms with Gasteiger partial charge in [-0.1, -0.05) is 122 Å². The summed E-state index contributed by atoms with van der Waals surface area (Å²) in [5.74, 6) is -0.814. The van der Waals surface area contributed by atoms with Crippen molar-refractivity contribution in [3.05, 3.63) is 24.3 Å². The van der Waals surface area contributed by atoms with Gasteiger partial charge < -0.3 is 18.9 Å². The Hall–Kier alpha value is -1.51. The summed E-state index contributed by atoms with van der Waals surface area (Å²) in [5, 5.41) is 0. The molecule has 1 unspecified atom stereocenters. The Morgan fingerprint density at radius 3 is 1.69 bits per heavy atom. The lowest BCUT2D eigenvalue weighted by Crippen LogP contribution is -2.37. The summed E-state index contributed by atoms with van der Waals surface area (Å²) in [6, 6.07) is 0. The van der Waals surface area contributed by atoms with Crippen LogP contribution in [0.15, 0.2) is 24.3 Å². The highest BCUT2D eigenvalue weighted by Crippen LogP contribution is 2.43. The molecule has 9 nitrogen and oxygen atoms in total. The van der Waals surface area contributed by atoms with Crippen molar-refractivity contribution in [2.45, 2.75) is 161 Å². The standard InChI is InChI=1S/C38H72NO8P/c1-6-8-10-12-14-15-16-17-18-19-20-21-22-23-25-27-29-31-38(41)47-36(35-46-48(42,43)45-33-32-39(3,4)5)34-44-37(40)30-28-26-24-13-11-9-7-2/h14-15,17-18,36H,6-13,16,19-35H2,1-5H3/p+1/b15-14+,18-17+/t36-/m1/s1. The smallest absolute Gasteiger partial charge is 0.462 e. The van der Waals surface area contributed by atoms with Crippen LogP contribution in [0.4, 0.5) is 0 Å². The summed E-state index contributed by atoms with van der Waals surface area (Å²) in [4.78, 5) is 35.0. The second-order valence-corrected chi connectivity index (χ2v) is 15.4. The van der Waals surface area contributed by atoms with Gasteiger partial charge in [-0.3, -0.25) is 18.6 Å². The van der Waals surface area contributed by atoms with E-state index < -0.39 is 26.5 Å². The molecule has 0 fully saturated rings. The van der Waals surface area contributed by atoms with E-state index in [1.165, 1.54) is 70.6 Å². The molecule has 0 aliphatic heterocycles. The van der Waals surface area contributed by atoms with Crippen molar-refractivity contribution >= 4 is 19.8 Å². The normalized spacial score (nSPS) is 14.0. The number of quaternary nitrogens is 1. The second-order valence-electron chi connectivity index (χ2n) is 14.0. The van der Waals surface area contributed by atoms with Gasteiger partial charge in [-0.15, -0.1) is 0 Å². The Kier molecular flexibility index (Phi) is 30.5. The van der Waals surface area contributed by atoms with E-state index in [-0.39, 0.29) is 32.0 Å². The van der Waals surface area contributed by atoms with Gasteiger partial charge in [0.15, 0.2) is 6.10 Å². The van der Waals surface area contributed by atoms with E-state index in [9.17, 15) is 19.0 Å². The topological polar surface area (TPSA) is 108 Å². The van der Waals surface area contributed by atoms with Crippen LogP contribution < -0.4 is 0 Å². The van der Waals surface area contributed by atoms with Crippen LogP contribution in [0.5, 0.6) is 0 Å². The highest BCUT2D eigenvalue weighted by molar-refractivity contribution is 7.47. The van der Waals surface area contributed by atoms with Crippen LogP contribution in [-0.4, -0.2) is 74.9 Å². The first-order chi connectivity index (χ1) is 23.0. The molecule has 48 heavy (non-hydrogen) atoms. The number of unbranched alkanes of at least 4 members (excludes halogenated alkanes) is 16. The van der Waals surface area contributed by atoms with Gasteiger partial charge in [-0.25, -0.2) is 4.57 Å². The molecule has 2 atom stereocenters. The zero-order valence-electron chi connectivity index (χ0n) is 31.5. The van der Waals surface area contributed by atoms with Crippen molar-refractivity contribution < 1.29 is 42.1 Å². The maximum atomic E-state index is 12.6. The van der Waals surface area contributed by atoms with E-state index in [0.717, 1.165) is 51.4 Å². The number of hydrogen-bond acceptors (Lipinski definition) is 7.